The van der Waals surface area contributed by atoms with Gasteiger partial charge in [-0.05, 0) is 24.3 Å². The molecule has 104 valence electrons. The van der Waals surface area contributed by atoms with Crippen molar-refractivity contribution >= 4 is 33.2 Å². The number of carbonyl (C=O) groups excluding carboxylic acids is 1. The van der Waals surface area contributed by atoms with E-state index in [1.54, 1.807) is 25.3 Å². The van der Waals surface area contributed by atoms with Crippen molar-refractivity contribution in [3.05, 3.63) is 52.3 Å². The van der Waals surface area contributed by atoms with Gasteiger partial charge in [0.05, 0.1) is 12.3 Å². The monoisotopic (exact) mass is 335 g/mol. The Labute approximate surface area is 125 Å². The maximum absolute atomic E-state index is 12.2. The SMILES string of the molecule is COCc1c(Br)cccc1NC(=O)c1ncccc1N. The summed E-state index contributed by atoms with van der Waals surface area (Å²) in [5.41, 5.74) is 7.81. The number of nitrogen functional groups attached to an aromatic ring is 1. The molecule has 0 fully saturated rings. The number of benzene rings is 1. The smallest absolute Gasteiger partial charge is 0.276 e. The van der Waals surface area contributed by atoms with Crippen molar-refractivity contribution in [2.24, 2.45) is 0 Å². The molecule has 0 unspecified atom stereocenters. The maximum atomic E-state index is 12.2. The molecule has 0 aliphatic rings. The van der Waals surface area contributed by atoms with E-state index in [0.717, 1.165) is 10.0 Å². The number of ether oxygens (including phenoxy) is 1. The number of anilines is 2. The van der Waals surface area contributed by atoms with Crippen molar-refractivity contribution in [2.45, 2.75) is 6.61 Å². The second-order valence-electron chi connectivity index (χ2n) is 4.09. The number of nitrogens with two attached hydrogens (primary N) is 1. The van der Waals surface area contributed by atoms with Crippen LogP contribution in [0.5, 0.6) is 0 Å². The fourth-order valence-electron chi connectivity index (χ4n) is 1.76. The topological polar surface area (TPSA) is 77.2 Å². The first-order valence-corrected chi connectivity index (χ1v) is 6.71. The summed E-state index contributed by atoms with van der Waals surface area (Å²) < 4.78 is 6.01. The Hall–Kier alpha value is -1.92. The Morgan fingerprint density at radius 3 is 2.90 bits per heavy atom. The quantitative estimate of drug-likeness (QED) is 0.900. The van der Waals surface area contributed by atoms with Crippen molar-refractivity contribution in [2.75, 3.05) is 18.2 Å². The molecule has 0 aliphatic heterocycles. The van der Waals surface area contributed by atoms with Gasteiger partial charge in [0.15, 0.2) is 5.69 Å². The van der Waals surface area contributed by atoms with Gasteiger partial charge in [-0.1, -0.05) is 22.0 Å². The Morgan fingerprint density at radius 1 is 1.40 bits per heavy atom. The fourth-order valence-corrected chi connectivity index (χ4v) is 2.24. The molecular formula is C14H14BrN3O2. The molecule has 3 N–H and O–H groups in total. The van der Waals surface area contributed by atoms with Gasteiger partial charge in [0, 0.05) is 29.0 Å². The van der Waals surface area contributed by atoms with E-state index in [1.807, 2.05) is 12.1 Å². The van der Waals surface area contributed by atoms with E-state index >= 15 is 0 Å². The Bertz CT molecular complexity index is 632. The van der Waals surface area contributed by atoms with Crippen LogP contribution in [0.15, 0.2) is 41.0 Å². The van der Waals surface area contributed by atoms with Gasteiger partial charge in [0.1, 0.15) is 0 Å². The summed E-state index contributed by atoms with van der Waals surface area (Å²) in [6.07, 6.45) is 1.53. The zero-order chi connectivity index (χ0) is 14.5. The molecule has 0 aliphatic carbocycles. The van der Waals surface area contributed by atoms with E-state index in [1.165, 1.54) is 6.20 Å². The van der Waals surface area contributed by atoms with Gasteiger partial charge >= 0.3 is 0 Å². The van der Waals surface area contributed by atoms with Gasteiger partial charge in [-0.25, -0.2) is 4.98 Å². The lowest BCUT2D eigenvalue weighted by molar-refractivity contribution is 0.102. The van der Waals surface area contributed by atoms with Crippen molar-refractivity contribution in [1.82, 2.24) is 4.98 Å². The van der Waals surface area contributed by atoms with E-state index in [4.69, 9.17) is 10.5 Å². The van der Waals surface area contributed by atoms with Crippen LogP contribution in [0.1, 0.15) is 16.1 Å². The predicted octanol–water partition coefficient (Wildman–Crippen LogP) is 2.83. The largest absolute Gasteiger partial charge is 0.397 e. The second kappa shape index (κ2) is 6.49. The highest BCUT2D eigenvalue weighted by molar-refractivity contribution is 9.10. The molecule has 20 heavy (non-hydrogen) atoms. The van der Waals surface area contributed by atoms with Gasteiger partial charge in [-0.2, -0.15) is 0 Å². The number of aromatic nitrogens is 1. The number of amides is 1. The molecule has 1 heterocycles. The van der Waals surface area contributed by atoms with Crippen LogP contribution in [0.2, 0.25) is 0 Å². The average molecular weight is 336 g/mol. The minimum Gasteiger partial charge on any atom is -0.397 e. The summed E-state index contributed by atoms with van der Waals surface area (Å²) in [7, 11) is 1.60. The molecule has 1 aromatic heterocycles. The first-order chi connectivity index (χ1) is 9.63. The zero-order valence-electron chi connectivity index (χ0n) is 10.9. The van der Waals surface area contributed by atoms with Crippen molar-refractivity contribution in [1.29, 1.82) is 0 Å². The van der Waals surface area contributed by atoms with Crippen molar-refractivity contribution in [3.8, 4) is 0 Å². The van der Waals surface area contributed by atoms with E-state index in [-0.39, 0.29) is 11.6 Å². The highest BCUT2D eigenvalue weighted by Crippen LogP contribution is 2.26. The molecule has 0 saturated heterocycles. The van der Waals surface area contributed by atoms with Crippen molar-refractivity contribution in [3.63, 3.8) is 0 Å². The van der Waals surface area contributed by atoms with Crippen LogP contribution < -0.4 is 11.1 Å². The number of rotatable bonds is 4. The molecule has 0 atom stereocenters. The van der Waals surface area contributed by atoms with Crippen LogP contribution in [-0.4, -0.2) is 18.0 Å². The van der Waals surface area contributed by atoms with Crippen LogP contribution in [0.3, 0.4) is 0 Å². The predicted molar refractivity (Wildman–Crippen MR) is 81.5 cm³/mol. The Kier molecular flexibility index (Phi) is 4.70. The Balaban J connectivity index is 2.29. The molecule has 5 nitrogen and oxygen atoms in total. The third kappa shape index (κ3) is 3.15. The zero-order valence-corrected chi connectivity index (χ0v) is 12.5. The number of methoxy groups -OCH3 is 1. The fraction of sp³-hybridized carbons (Fsp3) is 0.143. The number of halogens is 1. The highest BCUT2D eigenvalue weighted by atomic mass is 79.9. The first kappa shape index (κ1) is 14.5. The van der Waals surface area contributed by atoms with E-state index in [0.29, 0.717) is 18.0 Å². The molecule has 1 aromatic carbocycles. The van der Waals surface area contributed by atoms with Crippen LogP contribution in [0.25, 0.3) is 0 Å². The van der Waals surface area contributed by atoms with E-state index < -0.39 is 0 Å². The summed E-state index contributed by atoms with van der Waals surface area (Å²) >= 11 is 3.44. The minimum atomic E-state index is -0.349. The lowest BCUT2D eigenvalue weighted by atomic mass is 10.2. The van der Waals surface area contributed by atoms with E-state index in [9.17, 15) is 4.79 Å². The van der Waals surface area contributed by atoms with Gasteiger partial charge in [0.25, 0.3) is 5.91 Å². The van der Waals surface area contributed by atoms with Gasteiger partial charge in [-0.15, -0.1) is 0 Å². The van der Waals surface area contributed by atoms with Crippen LogP contribution >= 0.6 is 15.9 Å². The van der Waals surface area contributed by atoms with Crippen LogP contribution in [0, 0.1) is 0 Å². The van der Waals surface area contributed by atoms with Crippen LogP contribution in [0.4, 0.5) is 11.4 Å². The summed E-state index contributed by atoms with van der Waals surface area (Å²) in [5, 5.41) is 2.80. The standard InChI is InChI=1S/C14H14BrN3O2/c1-20-8-9-10(15)4-2-6-12(9)18-14(19)13-11(16)5-3-7-17-13/h2-7H,8,16H2,1H3,(H,18,19). The van der Waals surface area contributed by atoms with Gasteiger partial charge in [-0.3, -0.25) is 4.79 Å². The molecule has 0 spiro atoms. The summed E-state index contributed by atoms with van der Waals surface area (Å²) in [4.78, 5) is 16.2. The van der Waals surface area contributed by atoms with E-state index in [2.05, 4.69) is 26.2 Å². The molecule has 0 saturated carbocycles. The van der Waals surface area contributed by atoms with Gasteiger partial charge < -0.3 is 15.8 Å². The molecule has 2 rings (SSSR count). The number of hydrogen-bond donors (Lipinski definition) is 2. The molecule has 1 amide bonds. The lowest BCUT2D eigenvalue weighted by Crippen LogP contribution is -2.17. The third-order valence-electron chi connectivity index (χ3n) is 2.71. The molecule has 2 aromatic rings. The third-order valence-corrected chi connectivity index (χ3v) is 3.45. The number of hydrogen-bond acceptors (Lipinski definition) is 4. The summed E-state index contributed by atoms with van der Waals surface area (Å²) in [6.45, 7) is 0.384. The molecule has 6 heteroatoms. The lowest BCUT2D eigenvalue weighted by Gasteiger charge is -2.12. The average Bonchev–Trinajstić information content (AvgIpc) is 2.43. The second-order valence-corrected chi connectivity index (χ2v) is 4.95. The van der Waals surface area contributed by atoms with Gasteiger partial charge in [0.2, 0.25) is 0 Å². The van der Waals surface area contributed by atoms with Crippen molar-refractivity contribution < 1.29 is 9.53 Å². The number of nitrogens with one attached hydrogen (secondary N) is 1. The summed E-state index contributed by atoms with van der Waals surface area (Å²) in [6, 6.07) is 8.84. The first-order valence-electron chi connectivity index (χ1n) is 5.91. The Morgan fingerprint density at radius 2 is 2.20 bits per heavy atom. The molecule has 0 bridgehead atoms. The number of nitrogens with zero attached hydrogens (tertiary/aromatic N) is 1. The normalized spacial score (nSPS) is 10.3. The molecule has 0 radical (unpaired) electrons. The van der Waals surface area contributed by atoms with Crippen LogP contribution in [-0.2, 0) is 11.3 Å². The number of carbonyl (C=O) groups is 1. The molecular weight excluding hydrogens is 322 g/mol. The maximum Gasteiger partial charge on any atom is 0.276 e. The number of pyridine rings is 1. The highest BCUT2D eigenvalue weighted by Gasteiger charge is 2.14. The summed E-state index contributed by atoms with van der Waals surface area (Å²) in [5.74, 6) is -0.349. The minimum absolute atomic E-state index is 0.204.